The summed E-state index contributed by atoms with van der Waals surface area (Å²) < 4.78 is 5.43. The lowest BCUT2D eigenvalue weighted by atomic mass is 9.94. The summed E-state index contributed by atoms with van der Waals surface area (Å²) in [5.41, 5.74) is 7.12. The average Bonchev–Trinajstić information content (AvgIpc) is 3.09. The number of fused-ring (bicyclic) bond motifs is 1. The minimum absolute atomic E-state index is 0.117. The molecule has 0 aliphatic carbocycles. The molecule has 240 valence electrons. The van der Waals surface area contributed by atoms with Gasteiger partial charge in [0.1, 0.15) is 16.7 Å². The number of nitrogens with zero attached hydrogens (tertiary/aromatic N) is 3. The highest BCUT2D eigenvalue weighted by Crippen LogP contribution is 2.43. The molecule has 0 radical (unpaired) electrons. The van der Waals surface area contributed by atoms with E-state index in [0.717, 1.165) is 63.0 Å². The second-order valence-electron chi connectivity index (χ2n) is 12.2. The molecule has 6 aromatic rings. The van der Waals surface area contributed by atoms with Crippen molar-refractivity contribution in [2.24, 2.45) is 0 Å². The first-order chi connectivity index (χ1) is 22.8. The molecule has 4 aromatic carbocycles. The van der Waals surface area contributed by atoms with Crippen LogP contribution in [0.3, 0.4) is 0 Å². The Labute approximate surface area is 282 Å². The van der Waals surface area contributed by atoms with Crippen LogP contribution in [0.2, 0.25) is 5.15 Å². The van der Waals surface area contributed by atoms with Crippen molar-refractivity contribution in [2.75, 3.05) is 24.4 Å². The van der Waals surface area contributed by atoms with Gasteiger partial charge in [-0.3, -0.25) is 4.98 Å². The second-order valence-corrected chi connectivity index (χ2v) is 12.6. The van der Waals surface area contributed by atoms with E-state index in [1.165, 1.54) is 5.56 Å². The highest BCUT2D eigenvalue weighted by atomic mass is 35.5. The fourth-order valence-corrected chi connectivity index (χ4v) is 6.01. The van der Waals surface area contributed by atoms with Crippen LogP contribution in [0.1, 0.15) is 31.9 Å². The Bertz CT molecular complexity index is 1910. The van der Waals surface area contributed by atoms with Gasteiger partial charge in [-0.25, -0.2) is 4.98 Å². The molecule has 7 heteroatoms. The molecule has 0 aliphatic heterocycles. The van der Waals surface area contributed by atoms with Gasteiger partial charge in [-0.1, -0.05) is 103 Å². The molecule has 0 saturated heterocycles. The summed E-state index contributed by atoms with van der Waals surface area (Å²) in [4.78, 5) is 12.1. The number of methoxy groups -OCH3 is 1. The second kappa shape index (κ2) is 15.1. The molecule has 0 fully saturated rings. The molecule has 0 amide bonds. The van der Waals surface area contributed by atoms with Crippen LogP contribution in [0.15, 0.2) is 122 Å². The molecule has 47 heavy (non-hydrogen) atoms. The van der Waals surface area contributed by atoms with Crippen LogP contribution in [0.25, 0.3) is 33.0 Å². The molecular formula is C40H41ClN4O2. The molecule has 2 aromatic heterocycles. The Hall–Kier alpha value is -4.91. The molecule has 0 spiro atoms. The molecule has 0 atom stereocenters. The van der Waals surface area contributed by atoms with Crippen LogP contribution < -0.4 is 15.0 Å². The highest BCUT2D eigenvalue weighted by Gasteiger charge is 2.23. The van der Waals surface area contributed by atoms with Crippen LogP contribution in [0.5, 0.6) is 5.75 Å². The summed E-state index contributed by atoms with van der Waals surface area (Å²) in [7, 11) is 2.69. The predicted octanol–water partition coefficient (Wildman–Crippen LogP) is 9.65. The summed E-state index contributed by atoms with van der Waals surface area (Å²) in [6.45, 7) is 7.69. The Morgan fingerprint density at radius 2 is 1.40 bits per heavy atom. The maximum absolute atomic E-state index is 7.21. The van der Waals surface area contributed by atoms with E-state index in [0.29, 0.717) is 18.2 Å². The molecule has 0 unspecified atom stereocenters. The van der Waals surface area contributed by atoms with Gasteiger partial charge in [0.05, 0.1) is 12.8 Å². The predicted molar refractivity (Wildman–Crippen MR) is 196 cm³/mol. The van der Waals surface area contributed by atoms with Crippen LogP contribution in [-0.2, 0) is 13.1 Å². The SMILES string of the molecule is CO.COc1ccc(CN(Cc2ccccc2)c2nc(Cl)c(-c3cncc(NC(C)(C)C)c3)c3cccc(-c4ccccc4)c23)cc1. The lowest BCUT2D eigenvalue weighted by molar-refractivity contribution is 0.399. The maximum Gasteiger partial charge on any atom is 0.140 e. The van der Waals surface area contributed by atoms with Gasteiger partial charge in [-0.15, -0.1) is 0 Å². The number of rotatable bonds is 9. The Balaban J connectivity index is 0.00000213. The third-order valence-corrected chi connectivity index (χ3v) is 7.92. The van der Waals surface area contributed by atoms with E-state index in [9.17, 15) is 0 Å². The van der Waals surface area contributed by atoms with Crippen molar-refractivity contribution in [1.82, 2.24) is 9.97 Å². The van der Waals surface area contributed by atoms with Gasteiger partial charge in [0.25, 0.3) is 0 Å². The first-order valence-corrected chi connectivity index (χ1v) is 15.9. The topological polar surface area (TPSA) is 70.5 Å². The number of anilines is 2. The summed E-state index contributed by atoms with van der Waals surface area (Å²) in [6, 6.07) is 37.7. The largest absolute Gasteiger partial charge is 0.497 e. The van der Waals surface area contributed by atoms with Crippen molar-refractivity contribution in [3.05, 3.63) is 138 Å². The summed E-state index contributed by atoms with van der Waals surface area (Å²) in [6.07, 6.45) is 3.71. The standard InChI is InChI=1S/C39H37ClN4O.CH4O/c1-39(2,3)43-31-22-30(23-41-24-31)35-34-17-11-16-33(29-14-9-6-10-15-29)36(34)38(42-37(35)40)44(25-27-12-7-5-8-13-27)26-28-18-20-32(45-4)21-19-28;1-2/h5-24,43H,25-26H2,1-4H3;2H,1H3. The fourth-order valence-electron chi connectivity index (χ4n) is 5.72. The van der Waals surface area contributed by atoms with E-state index in [2.05, 4.69) is 121 Å². The quantitative estimate of drug-likeness (QED) is 0.153. The van der Waals surface area contributed by atoms with E-state index in [1.54, 1.807) is 7.11 Å². The first kappa shape index (κ1) is 33.5. The van der Waals surface area contributed by atoms with Crippen molar-refractivity contribution in [3.63, 3.8) is 0 Å². The van der Waals surface area contributed by atoms with E-state index < -0.39 is 0 Å². The molecule has 6 nitrogen and oxygen atoms in total. The van der Waals surface area contributed by atoms with Crippen LogP contribution in [0.4, 0.5) is 11.5 Å². The van der Waals surface area contributed by atoms with Gasteiger partial charge in [0, 0.05) is 54.6 Å². The van der Waals surface area contributed by atoms with Gasteiger partial charge >= 0.3 is 0 Å². The van der Waals surface area contributed by atoms with E-state index in [-0.39, 0.29) is 5.54 Å². The van der Waals surface area contributed by atoms with Crippen LogP contribution >= 0.6 is 11.6 Å². The molecule has 0 saturated carbocycles. The monoisotopic (exact) mass is 644 g/mol. The lowest BCUT2D eigenvalue weighted by Crippen LogP contribution is -2.26. The van der Waals surface area contributed by atoms with E-state index in [1.807, 2.05) is 36.7 Å². The number of nitrogens with one attached hydrogen (secondary N) is 1. The van der Waals surface area contributed by atoms with Crippen molar-refractivity contribution >= 4 is 33.9 Å². The van der Waals surface area contributed by atoms with Gasteiger partial charge in [0.15, 0.2) is 0 Å². The van der Waals surface area contributed by atoms with Crippen LogP contribution in [0, 0.1) is 0 Å². The number of aliphatic hydroxyl groups is 1. The molecular weight excluding hydrogens is 604 g/mol. The van der Waals surface area contributed by atoms with Gasteiger partial charge in [-0.2, -0.15) is 0 Å². The third-order valence-electron chi connectivity index (χ3n) is 7.65. The molecule has 0 aliphatic rings. The zero-order valence-corrected chi connectivity index (χ0v) is 28.3. The van der Waals surface area contributed by atoms with Crippen molar-refractivity contribution in [3.8, 4) is 28.0 Å². The molecule has 2 heterocycles. The first-order valence-electron chi connectivity index (χ1n) is 15.6. The fraction of sp³-hybridized carbons (Fsp3) is 0.200. The van der Waals surface area contributed by atoms with Crippen LogP contribution in [-0.4, -0.2) is 34.8 Å². The van der Waals surface area contributed by atoms with E-state index >= 15 is 0 Å². The zero-order valence-electron chi connectivity index (χ0n) is 27.5. The Kier molecular flexibility index (Phi) is 10.8. The van der Waals surface area contributed by atoms with Gasteiger partial charge < -0.3 is 20.1 Å². The number of pyridine rings is 2. The average molecular weight is 645 g/mol. The third kappa shape index (κ3) is 8.09. The number of hydrogen-bond acceptors (Lipinski definition) is 6. The van der Waals surface area contributed by atoms with Crippen molar-refractivity contribution < 1.29 is 9.84 Å². The highest BCUT2D eigenvalue weighted by molar-refractivity contribution is 6.34. The minimum atomic E-state index is -0.117. The maximum atomic E-state index is 7.21. The molecule has 2 N–H and O–H groups in total. The van der Waals surface area contributed by atoms with Gasteiger partial charge in [-0.05, 0) is 66.6 Å². The summed E-state index contributed by atoms with van der Waals surface area (Å²) in [5.74, 6) is 1.65. The molecule has 0 bridgehead atoms. The number of aliphatic hydroxyl groups excluding tert-OH is 1. The summed E-state index contributed by atoms with van der Waals surface area (Å²) in [5, 5.41) is 13.0. The zero-order chi connectivity index (χ0) is 33.4. The number of benzene rings is 4. The molecule has 6 rings (SSSR count). The Morgan fingerprint density at radius 3 is 2.04 bits per heavy atom. The summed E-state index contributed by atoms with van der Waals surface area (Å²) >= 11 is 7.21. The van der Waals surface area contributed by atoms with Crippen molar-refractivity contribution in [2.45, 2.75) is 39.4 Å². The minimum Gasteiger partial charge on any atom is -0.497 e. The number of aromatic nitrogens is 2. The Morgan fingerprint density at radius 1 is 0.766 bits per heavy atom. The normalized spacial score (nSPS) is 11.0. The van der Waals surface area contributed by atoms with E-state index in [4.69, 9.17) is 26.4 Å². The lowest BCUT2D eigenvalue weighted by Gasteiger charge is -2.28. The smallest absolute Gasteiger partial charge is 0.140 e. The number of halogens is 1. The van der Waals surface area contributed by atoms with Gasteiger partial charge in [0.2, 0.25) is 0 Å². The van der Waals surface area contributed by atoms with Crippen molar-refractivity contribution in [1.29, 1.82) is 0 Å². The number of ether oxygens (including phenoxy) is 1. The number of hydrogen-bond donors (Lipinski definition) is 2.